The van der Waals surface area contributed by atoms with Gasteiger partial charge >= 0.3 is 12.1 Å². The van der Waals surface area contributed by atoms with Gasteiger partial charge < -0.3 is 9.84 Å². The van der Waals surface area contributed by atoms with E-state index in [1.807, 2.05) is 0 Å². The van der Waals surface area contributed by atoms with E-state index >= 15 is 0 Å². The number of hydrogen-bond acceptors (Lipinski definition) is 3. The van der Waals surface area contributed by atoms with Gasteiger partial charge in [-0.3, -0.25) is 4.90 Å². The number of hydrogen-bond donors (Lipinski definition) is 1. The van der Waals surface area contributed by atoms with Gasteiger partial charge in [0, 0.05) is 7.05 Å². The first-order valence-corrected chi connectivity index (χ1v) is 5.46. The van der Waals surface area contributed by atoms with Gasteiger partial charge in [-0.05, 0) is 17.7 Å². The predicted octanol–water partition coefficient (Wildman–Crippen LogP) is 2.21. The van der Waals surface area contributed by atoms with Gasteiger partial charge in [-0.15, -0.1) is 0 Å². The van der Waals surface area contributed by atoms with Gasteiger partial charge in [0.15, 0.2) is 6.04 Å². The molecule has 102 valence electrons. The highest BCUT2D eigenvalue weighted by Gasteiger charge is 2.29. The second-order valence-electron chi connectivity index (χ2n) is 3.77. The van der Waals surface area contributed by atoms with Crippen LogP contribution in [0.4, 0.5) is 9.18 Å². The maximum atomic E-state index is 13.1. The molecule has 0 bridgehead atoms. The molecule has 0 heterocycles. The van der Waals surface area contributed by atoms with Crippen LogP contribution in [0.1, 0.15) is 11.6 Å². The largest absolute Gasteiger partial charge is 0.479 e. The SMILES string of the molecule is C=CCOC(=O)N(C)C(C(=O)O)c1cccc(F)c1. The zero-order valence-electron chi connectivity index (χ0n) is 10.4. The summed E-state index contributed by atoms with van der Waals surface area (Å²) >= 11 is 0. The summed E-state index contributed by atoms with van der Waals surface area (Å²) in [5.74, 6) is -1.85. The van der Waals surface area contributed by atoms with Gasteiger partial charge in [-0.1, -0.05) is 24.8 Å². The predicted molar refractivity (Wildman–Crippen MR) is 66.1 cm³/mol. The van der Waals surface area contributed by atoms with E-state index < -0.39 is 23.9 Å². The van der Waals surface area contributed by atoms with Crippen molar-refractivity contribution in [1.82, 2.24) is 4.90 Å². The molecule has 1 rings (SSSR count). The monoisotopic (exact) mass is 267 g/mol. The fourth-order valence-corrected chi connectivity index (χ4v) is 1.55. The van der Waals surface area contributed by atoms with Gasteiger partial charge in [0.2, 0.25) is 0 Å². The van der Waals surface area contributed by atoms with Crippen LogP contribution in [0.3, 0.4) is 0 Å². The average Bonchev–Trinajstić information content (AvgIpc) is 2.35. The number of carbonyl (C=O) groups is 2. The molecule has 0 radical (unpaired) electrons. The number of carbonyl (C=O) groups excluding carboxylic acids is 1. The average molecular weight is 267 g/mol. The summed E-state index contributed by atoms with van der Waals surface area (Å²) < 4.78 is 17.9. The third kappa shape index (κ3) is 3.80. The number of carboxylic acid groups (broad SMARTS) is 1. The Bertz CT molecular complexity index is 489. The van der Waals surface area contributed by atoms with Crippen molar-refractivity contribution in [2.24, 2.45) is 0 Å². The van der Waals surface area contributed by atoms with E-state index in [4.69, 9.17) is 4.74 Å². The Morgan fingerprint density at radius 2 is 2.26 bits per heavy atom. The fourth-order valence-electron chi connectivity index (χ4n) is 1.55. The highest BCUT2D eigenvalue weighted by Crippen LogP contribution is 2.21. The summed E-state index contributed by atoms with van der Waals surface area (Å²) in [6.07, 6.45) is 0.542. The summed E-state index contributed by atoms with van der Waals surface area (Å²) in [7, 11) is 1.27. The third-order valence-corrected chi connectivity index (χ3v) is 2.40. The molecule has 19 heavy (non-hydrogen) atoms. The van der Waals surface area contributed by atoms with Crippen LogP contribution in [-0.4, -0.2) is 35.7 Å². The Labute approximate surface area is 109 Å². The van der Waals surface area contributed by atoms with E-state index in [0.717, 1.165) is 11.0 Å². The standard InChI is InChI=1S/C13H14FNO4/c1-3-7-19-13(18)15(2)11(12(16)17)9-5-4-6-10(14)8-9/h3-6,8,11H,1,7H2,2H3,(H,16,17). The lowest BCUT2D eigenvalue weighted by Crippen LogP contribution is -2.36. The maximum absolute atomic E-state index is 13.1. The second kappa shape index (κ2) is 6.53. The molecule has 1 atom stereocenters. The minimum atomic E-state index is -1.31. The van der Waals surface area contributed by atoms with Crippen molar-refractivity contribution in [2.45, 2.75) is 6.04 Å². The minimum Gasteiger partial charge on any atom is -0.479 e. The van der Waals surface area contributed by atoms with Crippen LogP contribution in [0.2, 0.25) is 0 Å². The number of amides is 1. The van der Waals surface area contributed by atoms with Crippen molar-refractivity contribution in [2.75, 3.05) is 13.7 Å². The molecule has 0 spiro atoms. The van der Waals surface area contributed by atoms with Crippen LogP contribution in [0, 0.1) is 5.82 Å². The molecule has 6 heteroatoms. The number of likely N-dealkylation sites (N-methyl/N-ethyl adjacent to an activating group) is 1. The van der Waals surface area contributed by atoms with Crippen LogP contribution < -0.4 is 0 Å². The van der Waals surface area contributed by atoms with Gasteiger partial charge in [-0.2, -0.15) is 0 Å². The molecule has 0 aliphatic heterocycles. The highest BCUT2D eigenvalue weighted by atomic mass is 19.1. The smallest absolute Gasteiger partial charge is 0.410 e. The van der Waals surface area contributed by atoms with Crippen molar-refractivity contribution < 1.29 is 23.8 Å². The van der Waals surface area contributed by atoms with Crippen molar-refractivity contribution in [1.29, 1.82) is 0 Å². The number of aliphatic carboxylic acids is 1. The summed E-state index contributed by atoms with van der Waals surface area (Å²) in [4.78, 5) is 23.7. The molecule has 1 aromatic rings. The Hall–Kier alpha value is -2.37. The van der Waals surface area contributed by atoms with Crippen LogP contribution in [-0.2, 0) is 9.53 Å². The molecular weight excluding hydrogens is 253 g/mol. The van der Waals surface area contributed by atoms with Crippen LogP contribution in [0.15, 0.2) is 36.9 Å². The number of carboxylic acids is 1. The summed E-state index contributed by atoms with van der Waals surface area (Å²) in [5.41, 5.74) is 0.158. The molecule has 5 nitrogen and oxygen atoms in total. The van der Waals surface area contributed by atoms with E-state index in [-0.39, 0.29) is 12.2 Å². The van der Waals surface area contributed by atoms with E-state index in [2.05, 4.69) is 6.58 Å². The van der Waals surface area contributed by atoms with Crippen molar-refractivity contribution in [3.63, 3.8) is 0 Å². The maximum Gasteiger partial charge on any atom is 0.410 e. The van der Waals surface area contributed by atoms with Crippen molar-refractivity contribution >= 4 is 12.1 Å². The number of nitrogens with zero attached hydrogens (tertiary/aromatic N) is 1. The van der Waals surface area contributed by atoms with Gasteiger partial charge in [0.05, 0.1) is 0 Å². The normalized spacial score (nSPS) is 11.5. The molecule has 1 N–H and O–H groups in total. The van der Waals surface area contributed by atoms with Crippen molar-refractivity contribution in [3.05, 3.63) is 48.3 Å². The second-order valence-corrected chi connectivity index (χ2v) is 3.77. The van der Waals surface area contributed by atoms with Crippen LogP contribution in [0.25, 0.3) is 0 Å². The molecule has 0 aromatic heterocycles. The molecular formula is C13H14FNO4. The molecule has 0 saturated carbocycles. The number of rotatable bonds is 5. The Balaban J connectivity index is 2.97. The molecule has 0 aliphatic carbocycles. The van der Waals surface area contributed by atoms with Crippen LogP contribution in [0.5, 0.6) is 0 Å². The van der Waals surface area contributed by atoms with Crippen LogP contribution >= 0.6 is 0 Å². The van der Waals surface area contributed by atoms with Crippen molar-refractivity contribution in [3.8, 4) is 0 Å². The molecule has 0 fully saturated rings. The van der Waals surface area contributed by atoms with E-state index in [9.17, 15) is 19.1 Å². The van der Waals surface area contributed by atoms with Gasteiger partial charge in [0.25, 0.3) is 0 Å². The van der Waals surface area contributed by atoms with E-state index in [1.54, 1.807) is 0 Å². The molecule has 1 amide bonds. The Morgan fingerprint density at radius 1 is 1.58 bits per heavy atom. The zero-order chi connectivity index (χ0) is 14.4. The number of halogens is 1. The lowest BCUT2D eigenvalue weighted by molar-refractivity contribution is -0.142. The zero-order valence-corrected chi connectivity index (χ0v) is 10.4. The summed E-state index contributed by atoms with van der Waals surface area (Å²) in [6.45, 7) is 3.35. The first kappa shape index (κ1) is 14.7. The van der Waals surface area contributed by atoms with Gasteiger partial charge in [-0.25, -0.2) is 14.0 Å². The number of ether oxygens (including phenoxy) is 1. The van der Waals surface area contributed by atoms with E-state index in [1.165, 1.54) is 31.3 Å². The molecule has 0 saturated heterocycles. The Kier molecular flexibility index (Phi) is 5.05. The summed E-state index contributed by atoms with van der Waals surface area (Å²) in [5, 5.41) is 9.17. The quantitative estimate of drug-likeness (QED) is 0.830. The first-order valence-electron chi connectivity index (χ1n) is 5.46. The third-order valence-electron chi connectivity index (χ3n) is 2.40. The summed E-state index contributed by atoms with van der Waals surface area (Å²) in [6, 6.07) is 3.75. The van der Waals surface area contributed by atoms with E-state index in [0.29, 0.717) is 0 Å². The molecule has 0 aliphatic rings. The fraction of sp³-hybridized carbons (Fsp3) is 0.231. The minimum absolute atomic E-state index is 0.0291. The highest BCUT2D eigenvalue weighted by molar-refractivity contribution is 5.81. The molecule has 1 unspecified atom stereocenters. The lowest BCUT2D eigenvalue weighted by Gasteiger charge is -2.24. The Morgan fingerprint density at radius 3 is 2.79 bits per heavy atom. The number of benzene rings is 1. The first-order chi connectivity index (χ1) is 8.97. The molecule has 1 aromatic carbocycles. The van der Waals surface area contributed by atoms with Gasteiger partial charge in [0.1, 0.15) is 12.4 Å². The topological polar surface area (TPSA) is 66.8 Å². The lowest BCUT2D eigenvalue weighted by atomic mass is 10.1.